The van der Waals surface area contributed by atoms with Crippen molar-refractivity contribution in [3.05, 3.63) is 29.3 Å². The fourth-order valence-corrected chi connectivity index (χ4v) is 2.28. The van der Waals surface area contributed by atoms with E-state index >= 15 is 0 Å². The number of rotatable bonds is 8. The summed E-state index contributed by atoms with van der Waals surface area (Å²) in [5.41, 5.74) is 3.97. The second kappa shape index (κ2) is 6.92. The first-order chi connectivity index (χ1) is 9.20. The van der Waals surface area contributed by atoms with Gasteiger partial charge in [0.2, 0.25) is 0 Å². The molecule has 0 unspecified atom stereocenters. The van der Waals surface area contributed by atoms with Crippen molar-refractivity contribution in [2.24, 2.45) is 5.92 Å². The van der Waals surface area contributed by atoms with Crippen LogP contribution in [0.25, 0.3) is 0 Å². The third-order valence-electron chi connectivity index (χ3n) is 3.63. The van der Waals surface area contributed by atoms with Crippen molar-refractivity contribution in [1.82, 2.24) is 5.32 Å². The van der Waals surface area contributed by atoms with Gasteiger partial charge >= 0.3 is 0 Å². The van der Waals surface area contributed by atoms with E-state index in [2.05, 4.69) is 42.4 Å². The van der Waals surface area contributed by atoms with Crippen LogP contribution in [0.1, 0.15) is 24.0 Å². The van der Waals surface area contributed by atoms with Crippen LogP contribution in [-0.4, -0.2) is 33.9 Å². The lowest BCUT2D eigenvalue weighted by molar-refractivity contribution is 0.131. The minimum atomic E-state index is 0.819. The van der Waals surface area contributed by atoms with Crippen LogP contribution in [0.2, 0.25) is 0 Å². The Labute approximate surface area is 116 Å². The highest BCUT2D eigenvalue weighted by molar-refractivity contribution is 5.54. The van der Waals surface area contributed by atoms with Crippen LogP contribution >= 0.6 is 0 Å². The Hall–Kier alpha value is -1.06. The Bertz CT molecular complexity index is 402. The zero-order valence-corrected chi connectivity index (χ0v) is 12.4. The zero-order chi connectivity index (χ0) is 13.7. The molecular formula is C16H26N2O. The van der Waals surface area contributed by atoms with Crippen LogP contribution in [0.3, 0.4) is 0 Å². The molecule has 19 heavy (non-hydrogen) atoms. The molecule has 0 spiro atoms. The van der Waals surface area contributed by atoms with Gasteiger partial charge in [-0.15, -0.1) is 0 Å². The minimum absolute atomic E-state index is 0.819. The molecule has 3 nitrogen and oxygen atoms in total. The van der Waals surface area contributed by atoms with E-state index in [0.717, 1.165) is 32.2 Å². The van der Waals surface area contributed by atoms with E-state index in [4.69, 9.17) is 4.74 Å². The number of hydrogen-bond donors (Lipinski definition) is 1. The van der Waals surface area contributed by atoms with Crippen LogP contribution < -0.4 is 10.2 Å². The molecule has 0 aromatic heterocycles. The Morgan fingerprint density at radius 2 is 2.16 bits per heavy atom. The van der Waals surface area contributed by atoms with Crippen LogP contribution in [0, 0.1) is 12.8 Å². The van der Waals surface area contributed by atoms with E-state index in [-0.39, 0.29) is 0 Å². The van der Waals surface area contributed by atoms with Crippen LogP contribution in [0.15, 0.2) is 18.2 Å². The largest absolute Gasteiger partial charge is 0.379 e. The molecule has 0 aliphatic heterocycles. The Morgan fingerprint density at radius 1 is 1.37 bits per heavy atom. The fraction of sp³-hybridized carbons (Fsp3) is 0.625. The molecule has 0 atom stereocenters. The summed E-state index contributed by atoms with van der Waals surface area (Å²) in [5, 5.41) is 3.24. The number of nitrogens with one attached hydrogen (secondary N) is 1. The minimum Gasteiger partial charge on any atom is -0.379 e. The topological polar surface area (TPSA) is 24.5 Å². The Balaban J connectivity index is 1.86. The quantitative estimate of drug-likeness (QED) is 0.729. The third kappa shape index (κ3) is 4.51. The predicted molar refractivity (Wildman–Crippen MR) is 80.8 cm³/mol. The third-order valence-corrected chi connectivity index (χ3v) is 3.63. The molecule has 1 aliphatic rings. The molecule has 1 aromatic carbocycles. The molecule has 2 rings (SSSR count). The average Bonchev–Trinajstić information content (AvgIpc) is 3.19. The highest BCUT2D eigenvalue weighted by atomic mass is 16.5. The van der Waals surface area contributed by atoms with Gasteiger partial charge in [0.25, 0.3) is 0 Å². The van der Waals surface area contributed by atoms with E-state index in [1.165, 1.54) is 29.7 Å². The number of aryl methyl sites for hydroxylation is 1. The molecule has 0 saturated heterocycles. The van der Waals surface area contributed by atoms with E-state index in [9.17, 15) is 0 Å². The second-order valence-electron chi connectivity index (χ2n) is 5.60. The molecule has 3 heteroatoms. The summed E-state index contributed by atoms with van der Waals surface area (Å²) < 4.78 is 5.72. The van der Waals surface area contributed by atoms with Crippen LogP contribution in [0.4, 0.5) is 5.69 Å². The Kier molecular flexibility index (Phi) is 5.23. The molecule has 1 saturated carbocycles. The molecule has 0 amide bonds. The normalized spacial score (nSPS) is 14.7. The first-order valence-corrected chi connectivity index (χ1v) is 7.23. The molecule has 0 radical (unpaired) electrons. The van der Waals surface area contributed by atoms with Gasteiger partial charge in [0.1, 0.15) is 0 Å². The van der Waals surface area contributed by atoms with Gasteiger partial charge in [-0.25, -0.2) is 0 Å². The van der Waals surface area contributed by atoms with Gasteiger partial charge < -0.3 is 15.0 Å². The molecule has 1 fully saturated rings. The van der Waals surface area contributed by atoms with E-state index < -0.39 is 0 Å². The first-order valence-electron chi connectivity index (χ1n) is 7.23. The molecular weight excluding hydrogens is 236 g/mol. The van der Waals surface area contributed by atoms with Crippen molar-refractivity contribution in [3.8, 4) is 0 Å². The van der Waals surface area contributed by atoms with Crippen molar-refractivity contribution >= 4 is 5.69 Å². The number of nitrogens with zero attached hydrogens (tertiary/aromatic N) is 1. The smallest absolute Gasteiger partial charge is 0.0641 e. The van der Waals surface area contributed by atoms with Crippen molar-refractivity contribution < 1.29 is 4.74 Å². The van der Waals surface area contributed by atoms with Gasteiger partial charge in [-0.2, -0.15) is 0 Å². The van der Waals surface area contributed by atoms with Crippen molar-refractivity contribution in [2.75, 3.05) is 38.8 Å². The lowest BCUT2D eigenvalue weighted by Crippen LogP contribution is -2.25. The molecule has 106 valence electrons. The second-order valence-corrected chi connectivity index (χ2v) is 5.60. The fourth-order valence-electron chi connectivity index (χ4n) is 2.28. The number of anilines is 1. The molecule has 1 N–H and O–H groups in total. The van der Waals surface area contributed by atoms with E-state index in [1.807, 2.05) is 7.05 Å². The van der Waals surface area contributed by atoms with Crippen LogP contribution in [-0.2, 0) is 11.3 Å². The summed E-state index contributed by atoms with van der Waals surface area (Å²) in [6, 6.07) is 6.65. The van der Waals surface area contributed by atoms with E-state index in [0.29, 0.717) is 0 Å². The summed E-state index contributed by atoms with van der Waals surface area (Å²) in [7, 11) is 4.13. The highest BCUT2D eigenvalue weighted by Gasteiger charge is 2.21. The Morgan fingerprint density at radius 3 is 2.84 bits per heavy atom. The standard InChI is InChI=1S/C16H26N2O/c1-13-4-7-16(15(10-13)11-17-2)18(3)8-9-19-12-14-5-6-14/h4,7,10,14,17H,5-6,8-9,11-12H2,1-3H3. The highest BCUT2D eigenvalue weighted by Crippen LogP contribution is 2.28. The van der Waals surface area contributed by atoms with Gasteiger partial charge in [0.05, 0.1) is 6.61 Å². The molecule has 0 bridgehead atoms. The maximum Gasteiger partial charge on any atom is 0.0641 e. The van der Waals surface area contributed by atoms with Gasteiger partial charge in [0, 0.05) is 32.4 Å². The zero-order valence-electron chi connectivity index (χ0n) is 12.4. The number of ether oxygens (including phenoxy) is 1. The number of hydrogen-bond acceptors (Lipinski definition) is 3. The summed E-state index contributed by atoms with van der Waals surface area (Å²) in [6.07, 6.45) is 2.72. The van der Waals surface area contributed by atoms with Crippen molar-refractivity contribution in [3.63, 3.8) is 0 Å². The monoisotopic (exact) mass is 262 g/mol. The molecule has 0 heterocycles. The lowest BCUT2D eigenvalue weighted by atomic mass is 10.1. The SMILES string of the molecule is CNCc1cc(C)ccc1N(C)CCOCC1CC1. The summed E-state index contributed by atoms with van der Waals surface area (Å²) in [4.78, 5) is 2.29. The maximum atomic E-state index is 5.72. The molecule has 1 aromatic rings. The van der Waals surface area contributed by atoms with Gasteiger partial charge in [-0.3, -0.25) is 0 Å². The maximum absolute atomic E-state index is 5.72. The van der Waals surface area contributed by atoms with Gasteiger partial charge in [-0.05, 0) is 44.4 Å². The van der Waals surface area contributed by atoms with Crippen LogP contribution in [0.5, 0.6) is 0 Å². The number of likely N-dealkylation sites (N-methyl/N-ethyl adjacent to an activating group) is 1. The molecule has 1 aliphatic carbocycles. The van der Waals surface area contributed by atoms with E-state index in [1.54, 1.807) is 0 Å². The lowest BCUT2D eigenvalue weighted by Gasteiger charge is -2.23. The predicted octanol–water partition coefficient (Wildman–Crippen LogP) is 2.58. The van der Waals surface area contributed by atoms with Gasteiger partial charge in [0.15, 0.2) is 0 Å². The number of benzene rings is 1. The van der Waals surface area contributed by atoms with Crippen molar-refractivity contribution in [1.29, 1.82) is 0 Å². The van der Waals surface area contributed by atoms with Gasteiger partial charge in [-0.1, -0.05) is 17.7 Å². The summed E-state index contributed by atoms with van der Waals surface area (Å²) >= 11 is 0. The summed E-state index contributed by atoms with van der Waals surface area (Å²) in [5.74, 6) is 0.851. The first kappa shape index (κ1) is 14.4. The summed E-state index contributed by atoms with van der Waals surface area (Å²) in [6.45, 7) is 5.77. The van der Waals surface area contributed by atoms with Crippen molar-refractivity contribution in [2.45, 2.75) is 26.3 Å². The average molecular weight is 262 g/mol.